The summed E-state index contributed by atoms with van der Waals surface area (Å²) in [6, 6.07) is 9.28. The second-order valence-electron chi connectivity index (χ2n) is 3.60. The van der Waals surface area contributed by atoms with Crippen molar-refractivity contribution in [3.05, 3.63) is 42.1 Å². The summed E-state index contributed by atoms with van der Waals surface area (Å²) in [5, 5.41) is 1.00. The molecule has 1 heterocycles. The van der Waals surface area contributed by atoms with Gasteiger partial charge in [0.05, 0.1) is 12.6 Å². The van der Waals surface area contributed by atoms with E-state index in [1.165, 1.54) is 0 Å². The summed E-state index contributed by atoms with van der Waals surface area (Å²) in [7, 11) is 1.13. The predicted octanol–water partition coefficient (Wildman–Crippen LogP) is 1.45. The van der Waals surface area contributed by atoms with Gasteiger partial charge in [0.25, 0.3) is 0 Å². The van der Waals surface area contributed by atoms with Crippen molar-refractivity contribution < 1.29 is 19.1 Å². The first-order chi connectivity index (χ1) is 8.70. The average Bonchev–Trinajstić information content (AvgIpc) is 2.43. The van der Waals surface area contributed by atoms with Gasteiger partial charge in [-0.05, 0) is 17.7 Å². The number of ether oxygens (including phenoxy) is 2. The molecule has 0 N–H and O–H groups in total. The summed E-state index contributed by atoms with van der Waals surface area (Å²) in [5.41, 5.74) is 1.57. The summed E-state index contributed by atoms with van der Waals surface area (Å²) in [6.07, 6.45) is 1.69. The zero-order valence-electron chi connectivity index (χ0n) is 9.75. The van der Waals surface area contributed by atoms with Crippen molar-refractivity contribution in [2.24, 2.45) is 0 Å². The Kier molecular flexibility index (Phi) is 3.52. The maximum absolute atomic E-state index is 11.1. The molecule has 0 spiro atoms. The zero-order chi connectivity index (χ0) is 13.0. The third kappa shape index (κ3) is 2.63. The monoisotopic (exact) mass is 245 g/mol. The molecule has 0 atom stereocenters. The van der Waals surface area contributed by atoms with Gasteiger partial charge in [-0.25, -0.2) is 9.59 Å². The van der Waals surface area contributed by atoms with Gasteiger partial charge < -0.3 is 9.47 Å². The summed E-state index contributed by atoms with van der Waals surface area (Å²) in [4.78, 5) is 26.1. The number of rotatable bonds is 2. The van der Waals surface area contributed by atoms with Crippen molar-refractivity contribution in [1.82, 2.24) is 4.98 Å². The van der Waals surface area contributed by atoms with Crippen LogP contribution >= 0.6 is 0 Å². The highest BCUT2D eigenvalue weighted by molar-refractivity contribution is 6.29. The Morgan fingerprint density at radius 3 is 2.83 bits per heavy atom. The molecule has 5 nitrogen and oxygen atoms in total. The van der Waals surface area contributed by atoms with Crippen LogP contribution in [0.4, 0.5) is 0 Å². The molecule has 18 heavy (non-hydrogen) atoms. The molecule has 2 rings (SSSR count). The van der Waals surface area contributed by atoms with E-state index in [0.29, 0.717) is 0 Å². The Labute approximate surface area is 103 Å². The Bertz CT molecular complexity index is 594. The number of hydrogen-bond donors (Lipinski definition) is 0. The van der Waals surface area contributed by atoms with Crippen LogP contribution in [0, 0.1) is 0 Å². The first-order valence-electron chi connectivity index (χ1n) is 5.29. The minimum Gasteiger partial charge on any atom is -0.461 e. The largest absolute Gasteiger partial charge is 0.461 e. The van der Waals surface area contributed by atoms with Crippen LogP contribution in [0.3, 0.4) is 0 Å². The van der Waals surface area contributed by atoms with E-state index in [-0.39, 0.29) is 6.61 Å². The third-order valence-corrected chi connectivity index (χ3v) is 2.39. The minimum atomic E-state index is -1.01. The van der Waals surface area contributed by atoms with Crippen molar-refractivity contribution in [2.45, 2.75) is 6.61 Å². The molecule has 5 heteroatoms. The molecule has 92 valence electrons. The van der Waals surface area contributed by atoms with E-state index in [4.69, 9.17) is 4.74 Å². The Balaban J connectivity index is 2.08. The van der Waals surface area contributed by atoms with Crippen LogP contribution in [0.25, 0.3) is 10.9 Å². The Morgan fingerprint density at radius 2 is 2.06 bits per heavy atom. The number of pyridine rings is 1. The highest BCUT2D eigenvalue weighted by atomic mass is 16.6. The van der Waals surface area contributed by atoms with Gasteiger partial charge in [0.1, 0.15) is 6.61 Å². The molecule has 0 bridgehead atoms. The SMILES string of the molecule is COC(=O)C(=O)OCc1ccc2cccnc2c1. The van der Waals surface area contributed by atoms with Gasteiger partial charge in [0, 0.05) is 11.6 Å². The van der Waals surface area contributed by atoms with Gasteiger partial charge in [-0.2, -0.15) is 0 Å². The number of hydrogen-bond acceptors (Lipinski definition) is 5. The van der Waals surface area contributed by atoms with E-state index in [1.54, 1.807) is 12.3 Å². The molecule has 0 aliphatic heterocycles. The minimum absolute atomic E-state index is 0.0143. The molecule has 2 aromatic rings. The van der Waals surface area contributed by atoms with Gasteiger partial charge >= 0.3 is 11.9 Å². The number of esters is 2. The lowest BCUT2D eigenvalue weighted by Gasteiger charge is -2.04. The molecule has 1 aromatic carbocycles. The smallest absolute Gasteiger partial charge is 0.417 e. The fourth-order valence-corrected chi connectivity index (χ4v) is 1.49. The lowest BCUT2D eigenvalue weighted by Crippen LogP contribution is -2.18. The molecule has 0 aliphatic carbocycles. The topological polar surface area (TPSA) is 65.5 Å². The number of aromatic nitrogens is 1. The van der Waals surface area contributed by atoms with Crippen LogP contribution in [-0.2, 0) is 25.7 Å². The molecule has 0 saturated heterocycles. The van der Waals surface area contributed by atoms with E-state index in [0.717, 1.165) is 23.6 Å². The summed E-state index contributed by atoms with van der Waals surface area (Å²) in [6.45, 7) is 0.0143. The van der Waals surface area contributed by atoms with E-state index in [9.17, 15) is 9.59 Å². The molecule has 0 unspecified atom stereocenters. The molecule has 0 amide bonds. The molecule has 0 radical (unpaired) electrons. The van der Waals surface area contributed by atoms with Gasteiger partial charge in [0.2, 0.25) is 0 Å². The van der Waals surface area contributed by atoms with Crippen LogP contribution in [-0.4, -0.2) is 24.0 Å². The Hall–Kier alpha value is -2.43. The maximum atomic E-state index is 11.1. The maximum Gasteiger partial charge on any atom is 0.417 e. The quantitative estimate of drug-likeness (QED) is 0.591. The molecular formula is C13H11NO4. The average molecular weight is 245 g/mol. The van der Waals surface area contributed by atoms with E-state index in [1.807, 2.05) is 24.3 Å². The third-order valence-electron chi connectivity index (χ3n) is 2.39. The number of benzene rings is 1. The summed E-state index contributed by atoms with van der Waals surface area (Å²) < 4.78 is 9.03. The lowest BCUT2D eigenvalue weighted by molar-refractivity contribution is -0.166. The van der Waals surface area contributed by atoms with E-state index < -0.39 is 11.9 Å². The Morgan fingerprint density at radius 1 is 1.22 bits per heavy atom. The fourth-order valence-electron chi connectivity index (χ4n) is 1.49. The number of nitrogens with zero attached hydrogens (tertiary/aromatic N) is 1. The van der Waals surface area contributed by atoms with Crippen LogP contribution in [0.1, 0.15) is 5.56 Å². The van der Waals surface area contributed by atoms with E-state index >= 15 is 0 Å². The summed E-state index contributed by atoms with van der Waals surface area (Å²) >= 11 is 0. The highest BCUT2D eigenvalue weighted by Gasteiger charge is 2.15. The van der Waals surface area contributed by atoms with Gasteiger partial charge in [-0.15, -0.1) is 0 Å². The molecule has 1 aromatic heterocycles. The van der Waals surface area contributed by atoms with Crippen LogP contribution in [0.2, 0.25) is 0 Å². The molecule has 0 fully saturated rings. The van der Waals surface area contributed by atoms with Crippen molar-refractivity contribution in [1.29, 1.82) is 0 Å². The highest BCUT2D eigenvalue weighted by Crippen LogP contribution is 2.13. The second-order valence-corrected chi connectivity index (χ2v) is 3.60. The zero-order valence-corrected chi connectivity index (χ0v) is 9.75. The van der Waals surface area contributed by atoms with Gasteiger partial charge in [0.15, 0.2) is 0 Å². The summed E-state index contributed by atoms with van der Waals surface area (Å²) in [5.74, 6) is -2.01. The predicted molar refractivity (Wildman–Crippen MR) is 63.6 cm³/mol. The van der Waals surface area contributed by atoms with Crippen molar-refractivity contribution in [3.63, 3.8) is 0 Å². The molecule has 0 aliphatic rings. The van der Waals surface area contributed by atoms with E-state index in [2.05, 4.69) is 9.72 Å². The number of methoxy groups -OCH3 is 1. The first-order valence-corrected chi connectivity index (χ1v) is 5.29. The van der Waals surface area contributed by atoms with Crippen molar-refractivity contribution in [2.75, 3.05) is 7.11 Å². The number of fused-ring (bicyclic) bond motifs is 1. The van der Waals surface area contributed by atoms with Gasteiger partial charge in [-0.1, -0.05) is 18.2 Å². The standard InChI is InChI=1S/C13H11NO4/c1-17-12(15)13(16)18-8-9-4-5-10-3-2-6-14-11(10)7-9/h2-7H,8H2,1H3. The van der Waals surface area contributed by atoms with Crippen LogP contribution < -0.4 is 0 Å². The number of carbonyl (C=O) groups is 2. The fraction of sp³-hybridized carbons (Fsp3) is 0.154. The lowest BCUT2D eigenvalue weighted by atomic mass is 10.1. The molecular weight excluding hydrogens is 234 g/mol. The van der Waals surface area contributed by atoms with Crippen molar-refractivity contribution in [3.8, 4) is 0 Å². The van der Waals surface area contributed by atoms with Crippen LogP contribution in [0.15, 0.2) is 36.5 Å². The molecule has 0 saturated carbocycles. The number of carbonyl (C=O) groups excluding carboxylic acids is 2. The second kappa shape index (κ2) is 5.27. The normalized spacial score (nSPS) is 10.1. The van der Waals surface area contributed by atoms with Gasteiger partial charge in [-0.3, -0.25) is 4.98 Å². The first kappa shape index (κ1) is 12.0. The van der Waals surface area contributed by atoms with Crippen LogP contribution in [0.5, 0.6) is 0 Å². The van der Waals surface area contributed by atoms with Crippen molar-refractivity contribution >= 4 is 22.8 Å².